The van der Waals surface area contributed by atoms with Gasteiger partial charge in [-0.1, -0.05) is 24.3 Å². The summed E-state index contributed by atoms with van der Waals surface area (Å²) in [5.41, 5.74) is 10.4. The molecule has 1 aliphatic carbocycles. The topological polar surface area (TPSA) is 38.9 Å². The summed E-state index contributed by atoms with van der Waals surface area (Å²) >= 11 is 1.77. The predicted octanol–water partition coefficient (Wildman–Crippen LogP) is 3.92. The van der Waals surface area contributed by atoms with Crippen molar-refractivity contribution in [3.05, 3.63) is 59.4 Å². The molecule has 3 rings (SSSR count). The zero-order valence-electron chi connectivity index (χ0n) is 11.8. The van der Waals surface area contributed by atoms with Gasteiger partial charge in [0.25, 0.3) is 0 Å². The average Bonchev–Trinajstić information content (AvgIpc) is 2.53. The van der Waals surface area contributed by atoms with Gasteiger partial charge in [0.2, 0.25) is 0 Å². The van der Waals surface area contributed by atoms with Crippen LogP contribution in [0.2, 0.25) is 0 Å². The van der Waals surface area contributed by atoms with E-state index in [1.54, 1.807) is 11.8 Å². The zero-order valence-corrected chi connectivity index (χ0v) is 12.6. The van der Waals surface area contributed by atoms with Crippen LogP contribution in [0.4, 0.5) is 0 Å². The molecular weight excluding hydrogens is 264 g/mol. The van der Waals surface area contributed by atoms with E-state index in [4.69, 9.17) is 5.73 Å². The maximum absolute atomic E-state index is 6.61. The lowest BCUT2D eigenvalue weighted by molar-refractivity contribution is 0.459. The van der Waals surface area contributed by atoms with E-state index < -0.39 is 0 Å². The van der Waals surface area contributed by atoms with Crippen LogP contribution in [0.5, 0.6) is 0 Å². The van der Waals surface area contributed by atoms with Gasteiger partial charge in [0.05, 0.1) is 0 Å². The number of thioether (sulfide) groups is 1. The summed E-state index contributed by atoms with van der Waals surface area (Å²) in [7, 11) is 0. The van der Waals surface area contributed by atoms with Crippen molar-refractivity contribution in [3.63, 3.8) is 0 Å². The molecule has 2 atom stereocenters. The molecular formula is C17H20N2S. The van der Waals surface area contributed by atoms with Gasteiger partial charge in [-0.05, 0) is 48.8 Å². The number of fused-ring (bicyclic) bond motifs is 1. The lowest BCUT2D eigenvalue weighted by Gasteiger charge is -2.30. The van der Waals surface area contributed by atoms with Gasteiger partial charge < -0.3 is 5.73 Å². The van der Waals surface area contributed by atoms with Crippen LogP contribution < -0.4 is 5.73 Å². The second-order valence-electron chi connectivity index (χ2n) is 5.31. The quantitative estimate of drug-likeness (QED) is 0.868. The molecule has 1 aromatic heterocycles. The van der Waals surface area contributed by atoms with Crippen LogP contribution in [0.1, 0.15) is 41.6 Å². The Balaban J connectivity index is 1.97. The number of pyridine rings is 1. The Labute approximate surface area is 124 Å². The number of hydrogen-bond acceptors (Lipinski definition) is 3. The molecule has 104 valence electrons. The molecule has 1 heterocycles. The van der Waals surface area contributed by atoms with E-state index in [0.29, 0.717) is 5.92 Å². The Morgan fingerprint density at radius 2 is 2.10 bits per heavy atom. The fraction of sp³-hybridized carbons (Fsp3) is 0.353. The van der Waals surface area contributed by atoms with E-state index in [9.17, 15) is 0 Å². The molecule has 2 aromatic rings. The van der Waals surface area contributed by atoms with E-state index >= 15 is 0 Å². The van der Waals surface area contributed by atoms with Gasteiger partial charge in [0, 0.05) is 28.7 Å². The third kappa shape index (κ3) is 2.48. The van der Waals surface area contributed by atoms with Crippen molar-refractivity contribution < 1.29 is 0 Å². The number of hydrogen-bond donors (Lipinski definition) is 1. The predicted molar refractivity (Wildman–Crippen MR) is 85.1 cm³/mol. The highest BCUT2D eigenvalue weighted by molar-refractivity contribution is 7.98. The minimum atomic E-state index is 0.0348. The Morgan fingerprint density at radius 1 is 1.25 bits per heavy atom. The summed E-state index contributed by atoms with van der Waals surface area (Å²) in [5, 5.41) is 0. The highest BCUT2D eigenvalue weighted by atomic mass is 32.2. The molecule has 2 N–H and O–H groups in total. The maximum atomic E-state index is 6.61. The summed E-state index contributed by atoms with van der Waals surface area (Å²) in [4.78, 5) is 5.90. The fourth-order valence-electron chi connectivity index (χ4n) is 3.15. The zero-order chi connectivity index (χ0) is 13.9. The van der Waals surface area contributed by atoms with E-state index in [1.165, 1.54) is 28.1 Å². The van der Waals surface area contributed by atoms with Gasteiger partial charge in [0.15, 0.2) is 0 Å². The van der Waals surface area contributed by atoms with Crippen molar-refractivity contribution in [1.29, 1.82) is 0 Å². The molecule has 1 aromatic carbocycles. The molecule has 0 fully saturated rings. The van der Waals surface area contributed by atoms with Crippen molar-refractivity contribution in [2.45, 2.75) is 36.1 Å². The molecule has 1 aliphatic rings. The van der Waals surface area contributed by atoms with Gasteiger partial charge in [-0.25, -0.2) is 0 Å². The van der Waals surface area contributed by atoms with E-state index in [-0.39, 0.29) is 6.04 Å². The molecule has 0 amide bonds. The number of aryl methyl sites for hydroxylation is 1. The van der Waals surface area contributed by atoms with Crippen LogP contribution in [0.15, 0.2) is 47.5 Å². The normalized spacial score (nSPS) is 19.4. The number of benzene rings is 1. The first-order chi connectivity index (χ1) is 9.81. The smallest absolute Gasteiger partial charge is 0.0485 e. The Hall–Kier alpha value is -1.32. The number of nitrogens with two attached hydrogens (primary N) is 1. The second kappa shape index (κ2) is 5.98. The summed E-state index contributed by atoms with van der Waals surface area (Å²) in [5.74, 6) is 0.341. The van der Waals surface area contributed by atoms with Crippen molar-refractivity contribution in [2.75, 3.05) is 6.26 Å². The van der Waals surface area contributed by atoms with Gasteiger partial charge in [-0.15, -0.1) is 11.8 Å². The standard InChI is InChI=1S/C17H20N2S/c1-20-15-10-3-2-8-13(15)16(18)14-9-4-6-12-7-5-11-19-17(12)14/h2-3,5,7-8,10-11,14,16H,4,6,9,18H2,1H3. The van der Waals surface area contributed by atoms with Gasteiger partial charge in [0.1, 0.15) is 0 Å². The largest absolute Gasteiger partial charge is 0.323 e. The second-order valence-corrected chi connectivity index (χ2v) is 6.16. The Bertz CT molecular complexity index is 597. The number of aromatic nitrogens is 1. The lowest BCUT2D eigenvalue weighted by atomic mass is 9.80. The van der Waals surface area contributed by atoms with Crippen molar-refractivity contribution in [3.8, 4) is 0 Å². The third-order valence-corrected chi connectivity index (χ3v) is 4.98. The Kier molecular flexibility index (Phi) is 4.08. The van der Waals surface area contributed by atoms with Crippen LogP contribution >= 0.6 is 11.8 Å². The molecule has 0 saturated heterocycles. The molecule has 20 heavy (non-hydrogen) atoms. The number of rotatable bonds is 3. The summed E-state index contributed by atoms with van der Waals surface area (Å²) in [6, 6.07) is 12.7. The SMILES string of the molecule is CSc1ccccc1C(N)C1CCCc2cccnc21. The van der Waals surface area contributed by atoms with E-state index in [2.05, 4.69) is 41.6 Å². The summed E-state index contributed by atoms with van der Waals surface area (Å²) in [6.07, 6.45) is 7.48. The van der Waals surface area contributed by atoms with Crippen LogP contribution in [0.3, 0.4) is 0 Å². The Morgan fingerprint density at radius 3 is 2.95 bits per heavy atom. The lowest BCUT2D eigenvalue weighted by Crippen LogP contribution is -2.25. The summed E-state index contributed by atoms with van der Waals surface area (Å²) < 4.78 is 0. The average molecular weight is 284 g/mol. The highest BCUT2D eigenvalue weighted by Gasteiger charge is 2.28. The first-order valence-electron chi connectivity index (χ1n) is 7.13. The minimum absolute atomic E-state index is 0.0348. The molecule has 0 bridgehead atoms. The van der Waals surface area contributed by atoms with Crippen LogP contribution in [-0.4, -0.2) is 11.2 Å². The fourth-order valence-corrected chi connectivity index (χ4v) is 3.81. The van der Waals surface area contributed by atoms with Gasteiger partial charge in [-0.3, -0.25) is 4.98 Å². The van der Waals surface area contributed by atoms with Crippen LogP contribution in [0, 0.1) is 0 Å². The van der Waals surface area contributed by atoms with E-state index in [0.717, 1.165) is 12.8 Å². The van der Waals surface area contributed by atoms with Crippen molar-refractivity contribution in [2.24, 2.45) is 5.73 Å². The van der Waals surface area contributed by atoms with E-state index in [1.807, 2.05) is 12.3 Å². The molecule has 0 radical (unpaired) electrons. The molecule has 0 aliphatic heterocycles. The van der Waals surface area contributed by atoms with Crippen molar-refractivity contribution in [1.82, 2.24) is 4.98 Å². The van der Waals surface area contributed by atoms with Crippen LogP contribution in [0.25, 0.3) is 0 Å². The van der Waals surface area contributed by atoms with Crippen molar-refractivity contribution >= 4 is 11.8 Å². The molecule has 0 spiro atoms. The van der Waals surface area contributed by atoms with Gasteiger partial charge >= 0.3 is 0 Å². The monoisotopic (exact) mass is 284 g/mol. The number of nitrogens with zero attached hydrogens (tertiary/aromatic N) is 1. The molecule has 0 saturated carbocycles. The highest BCUT2D eigenvalue weighted by Crippen LogP contribution is 2.40. The van der Waals surface area contributed by atoms with Gasteiger partial charge in [-0.2, -0.15) is 0 Å². The minimum Gasteiger partial charge on any atom is -0.323 e. The summed E-state index contributed by atoms with van der Waals surface area (Å²) in [6.45, 7) is 0. The molecule has 2 unspecified atom stereocenters. The molecule has 3 heteroatoms. The third-order valence-electron chi connectivity index (χ3n) is 4.17. The maximum Gasteiger partial charge on any atom is 0.0485 e. The molecule has 2 nitrogen and oxygen atoms in total. The first kappa shape index (κ1) is 13.7. The van der Waals surface area contributed by atoms with Crippen LogP contribution in [-0.2, 0) is 6.42 Å². The first-order valence-corrected chi connectivity index (χ1v) is 8.36.